The Morgan fingerprint density at radius 3 is 2.45 bits per heavy atom. The minimum Gasteiger partial charge on any atom is -0.229 e. The molecule has 0 aromatic carbocycles. The van der Waals surface area contributed by atoms with Gasteiger partial charge in [0.05, 0.1) is 5.38 Å². The smallest absolute Gasteiger partial charge is 0.0745 e. The van der Waals surface area contributed by atoms with Gasteiger partial charge in [-0.15, -0.1) is 11.6 Å². The summed E-state index contributed by atoms with van der Waals surface area (Å²) < 4.78 is 0. The highest BCUT2D eigenvalue weighted by Gasteiger charge is 2.14. The number of allylic oxidation sites excluding steroid dienone is 2. The van der Waals surface area contributed by atoms with Crippen LogP contribution in [0, 0.1) is 0 Å². The SMILES string of the molecule is C=CC(=CC)C(Cl)C(C)NCl. The average Bonchev–Trinajstić information content (AvgIpc) is 2.05. The molecule has 0 aliphatic carbocycles. The quantitative estimate of drug-likeness (QED) is 0.412. The van der Waals surface area contributed by atoms with E-state index in [-0.39, 0.29) is 11.4 Å². The molecular weight excluding hydrogens is 181 g/mol. The lowest BCUT2D eigenvalue weighted by molar-refractivity contribution is 0.691. The van der Waals surface area contributed by atoms with Crippen molar-refractivity contribution in [1.82, 2.24) is 4.84 Å². The zero-order valence-corrected chi connectivity index (χ0v) is 8.28. The van der Waals surface area contributed by atoms with E-state index in [0.717, 1.165) is 5.57 Å². The fraction of sp³-hybridized carbons (Fsp3) is 0.500. The summed E-state index contributed by atoms with van der Waals surface area (Å²) in [4.78, 5) is 2.57. The fourth-order valence-corrected chi connectivity index (χ4v) is 1.20. The Hall–Kier alpha value is 0.0200. The summed E-state index contributed by atoms with van der Waals surface area (Å²) in [6.07, 6.45) is 3.66. The van der Waals surface area contributed by atoms with Crippen LogP contribution in [0.4, 0.5) is 0 Å². The molecule has 0 bridgehead atoms. The fourth-order valence-electron chi connectivity index (χ4n) is 0.734. The lowest BCUT2D eigenvalue weighted by Crippen LogP contribution is -2.28. The number of rotatable bonds is 4. The molecular formula is C8H13Cl2N. The van der Waals surface area contributed by atoms with Crippen LogP contribution in [0.3, 0.4) is 0 Å². The maximum atomic E-state index is 6.01. The normalized spacial score (nSPS) is 17.6. The number of alkyl halides is 1. The van der Waals surface area contributed by atoms with Crippen molar-refractivity contribution >= 4 is 23.4 Å². The minimum atomic E-state index is -0.116. The average molecular weight is 194 g/mol. The first-order valence-electron chi connectivity index (χ1n) is 3.46. The largest absolute Gasteiger partial charge is 0.229 e. The zero-order chi connectivity index (χ0) is 8.85. The van der Waals surface area contributed by atoms with Crippen molar-refractivity contribution in [2.24, 2.45) is 0 Å². The molecule has 0 aromatic rings. The van der Waals surface area contributed by atoms with Crippen molar-refractivity contribution in [3.05, 3.63) is 24.3 Å². The summed E-state index contributed by atoms with van der Waals surface area (Å²) in [5.74, 6) is 0. The highest BCUT2D eigenvalue weighted by molar-refractivity contribution is 6.23. The van der Waals surface area contributed by atoms with Gasteiger partial charge in [0.2, 0.25) is 0 Å². The Labute approximate surface area is 78.2 Å². The first-order valence-corrected chi connectivity index (χ1v) is 4.27. The van der Waals surface area contributed by atoms with Gasteiger partial charge >= 0.3 is 0 Å². The molecule has 0 saturated carbocycles. The van der Waals surface area contributed by atoms with Crippen molar-refractivity contribution in [3.63, 3.8) is 0 Å². The Balaban J connectivity index is 4.20. The molecule has 11 heavy (non-hydrogen) atoms. The molecule has 2 unspecified atom stereocenters. The third-order valence-electron chi connectivity index (χ3n) is 1.50. The van der Waals surface area contributed by atoms with Gasteiger partial charge in [0.15, 0.2) is 0 Å². The standard InChI is InChI=1S/C8H13Cl2N/c1-4-7(5-2)8(9)6(3)11-10/h4-6,8,11H,1H2,2-3H3. The van der Waals surface area contributed by atoms with E-state index in [1.165, 1.54) is 0 Å². The Bertz CT molecular complexity index is 154. The maximum Gasteiger partial charge on any atom is 0.0745 e. The number of halogens is 2. The minimum absolute atomic E-state index is 0.0440. The molecule has 0 radical (unpaired) electrons. The number of nitrogens with one attached hydrogen (secondary N) is 1. The van der Waals surface area contributed by atoms with E-state index in [2.05, 4.69) is 11.4 Å². The van der Waals surface area contributed by atoms with Crippen LogP contribution >= 0.6 is 23.4 Å². The van der Waals surface area contributed by atoms with E-state index in [9.17, 15) is 0 Å². The molecule has 0 aromatic heterocycles. The molecule has 0 rings (SSSR count). The van der Waals surface area contributed by atoms with Crippen LogP contribution in [-0.4, -0.2) is 11.4 Å². The molecule has 0 aliphatic rings. The van der Waals surface area contributed by atoms with Gasteiger partial charge in [-0.1, -0.05) is 18.7 Å². The summed E-state index contributed by atoms with van der Waals surface area (Å²) in [5.41, 5.74) is 0.993. The molecule has 64 valence electrons. The molecule has 3 heteroatoms. The summed E-state index contributed by atoms with van der Waals surface area (Å²) in [7, 11) is 0. The predicted octanol–water partition coefficient (Wildman–Crippen LogP) is 2.86. The molecule has 0 saturated heterocycles. The number of hydrogen-bond acceptors (Lipinski definition) is 1. The van der Waals surface area contributed by atoms with Gasteiger partial charge in [-0.25, -0.2) is 4.84 Å². The van der Waals surface area contributed by atoms with Crippen molar-refractivity contribution in [3.8, 4) is 0 Å². The summed E-state index contributed by atoms with van der Waals surface area (Å²) in [6, 6.07) is 0.0440. The van der Waals surface area contributed by atoms with Gasteiger partial charge in [-0.3, -0.25) is 0 Å². The summed E-state index contributed by atoms with van der Waals surface area (Å²) in [5, 5.41) is -0.116. The van der Waals surface area contributed by atoms with Gasteiger partial charge in [0, 0.05) is 6.04 Å². The molecule has 1 nitrogen and oxygen atoms in total. The topological polar surface area (TPSA) is 12.0 Å². The Morgan fingerprint density at radius 2 is 2.18 bits per heavy atom. The van der Waals surface area contributed by atoms with Crippen LogP contribution in [0.25, 0.3) is 0 Å². The van der Waals surface area contributed by atoms with E-state index < -0.39 is 0 Å². The van der Waals surface area contributed by atoms with Crippen molar-refractivity contribution < 1.29 is 0 Å². The molecule has 2 atom stereocenters. The van der Waals surface area contributed by atoms with Gasteiger partial charge in [-0.2, -0.15) is 0 Å². The third-order valence-corrected chi connectivity index (χ3v) is 2.47. The second kappa shape index (κ2) is 5.64. The van der Waals surface area contributed by atoms with Crippen molar-refractivity contribution in [2.75, 3.05) is 0 Å². The van der Waals surface area contributed by atoms with E-state index in [4.69, 9.17) is 23.4 Å². The van der Waals surface area contributed by atoms with Crippen LogP contribution in [0.5, 0.6) is 0 Å². The highest BCUT2D eigenvalue weighted by atomic mass is 35.5. The predicted molar refractivity (Wildman–Crippen MR) is 52.0 cm³/mol. The first-order chi connectivity index (χ1) is 5.17. The van der Waals surface area contributed by atoms with Crippen LogP contribution in [-0.2, 0) is 0 Å². The molecule has 1 N–H and O–H groups in total. The summed E-state index contributed by atoms with van der Waals surface area (Å²) in [6.45, 7) is 7.48. The third kappa shape index (κ3) is 3.28. The second-order valence-electron chi connectivity index (χ2n) is 2.29. The number of hydrogen-bond donors (Lipinski definition) is 1. The van der Waals surface area contributed by atoms with Crippen LogP contribution in [0.1, 0.15) is 13.8 Å². The van der Waals surface area contributed by atoms with Gasteiger partial charge < -0.3 is 0 Å². The van der Waals surface area contributed by atoms with Crippen LogP contribution in [0.15, 0.2) is 24.3 Å². The monoisotopic (exact) mass is 193 g/mol. The summed E-state index contributed by atoms with van der Waals surface area (Å²) >= 11 is 11.4. The molecule has 0 amide bonds. The van der Waals surface area contributed by atoms with Gasteiger partial charge in [-0.05, 0) is 31.2 Å². The Kier molecular flexibility index (Phi) is 5.65. The first kappa shape index (κ1) is 11.0. The Morgan fingerprint density at radius 1 is 1.64 bits per heavy atom. The van der Waals surface area contributed by atoms with Crippen LogP contribution < -0.4 is 4.84 Å². The zero-order valence-electron chi connectivity index (χ0n) is 6.77. The molecule has 0 fully saturated rings. The highest BCUT2D eigenvalue weighted by Crippen LogP contribution is 2.15. The van der Waals surface area contributed by atoms with Crippen molar-refractivity contribution in [1.29, 1.82) is 0 Å². The lowest BCUT2D eigenvalue weighted by atomic mass is 10.1. The van der Waals surface area contributed by atoms with E-state index >= 15 is 0 Å². The molecule has 0 spiro atoms. The van der Waals surface area contributed by atoms with Gasteiger partial charge in [0.1, 0.15) is 0 Å². The van der Waals surface area contributed by atoms with E-state index in [1.54, 1.807) is 6.08 Å². The van der Waals surface area contributed by atoms with Crippen molar-refractivity contribution in [2.45, 2.75) is 25.3 Å². The molecule has 0 heterocycles. The maximum absolute atomic E-state index is 6.01. The second-order valence-corrected chi connectivity index (χ2v) is 2.98. The lowest BCUT2D eigenvalue weighted by Gasteiger charge is -2.16. The van der Waals surface area contributed by atoms with Gasteiger partial charge in [0.25, 0.3) is 0 Å². The van der Waals surface area contributed by atoms with E-state index in [1.807, 2.05) is 19.9 Å². The van der Waals surface area contributed by atoms with Crippen LogP contribution in [0.2, 0.25) is 0 Å². The van der Waals surface area contributed by atoms with E-state index in [0.29, 0.717) is 0 Å². The molecule has 0 aliphatic heterocycles.